The molecule has 2 amide bonds. The molecule has 2 aromatic heterocycles. The second-order valence-corrected chi connectivity index (χ2v) is 7.24. The normalized spacial score (nSPS) is 18.6. The van der Waals surface area contributed by atoms with Crippen LogP contribution in [0.2, 0.25) is 0 Å². The summed E-state index contributed by atoms with van der Waals surface area (Å²) in [6.07, 6.45) is 2.60. The first-order chi connectivity index (χ1) is 10.6. The maximum Gasteiger partial charge on any atom is 0.252 e. The molecule has 0 aromatic carbocycles. The van der Waals surface area contributed by atoms with E-state index in [1.54, 1.807) is 11.3 Å². The van der Waals surface area contributed by atoms with E-state index in [9.17, 15) is 9.59 Å². The molecule has 1 saturated heterocycles. The second kappa shape index (κ2) is 6.58. The van der Waals surface area contributed by atoms with Crippen LogP contribution < -0.4 is 10.6 Å². The maximum absolute atomic E-state index is 12.3. The van der Waals surface area contributed by atoms with Gasteiger partial charge in [0.25, 0.3) is 5.91 Å². The Balaban J connectivity index is 1.70. The van der Waals surface area contributed by atoms with Crippen molar-refractivity contribution in [1.82, 2.24) is 15.6 Å². The van der Waals surface area contributed by atoms with Gasteiger partial charge in [0.1, 0.15) is 6.04 Å². The minimum atomic E-state index is -0.431. The molecule has 1 aliphatic rings. The van der Waals surface area contributed by atoms with Gasteiger partial charge in [0.2, 0.25) is 5.91 Å². The molecule has 1 unspecified atom stereocenters. The molecule has 1 aliphatic heterocycles. The van der Waals surface area contributed by atoms with Crippen molar-refractivity contribution in [1.29, 1.82) is 0 Å². The van der Waals surface area contributed by atoms with E-state index < -0.39 is 6.04 Å². The first-order valence-electron chi connectivity index (χ1n) is 7.23. The molecule has 0 saturated carbocycles. The summed E-state index contributed by atoms with van der Waals surface area (Å²) >= 11 is 3.08. The SMILES string of the molecule is Cc1nc(-c2cc(C(=O)NC3CCCCNC3=O)cs2)cs1. The van der Waals surface area contributed by atoms with Gasteiger partial charge in [-0.3, -0.25) is 9.59 Å². The predicted molar refractivity (Wildman–Crippen MR) is 88.3 cm³/mol. The topological polar surface area (TPSA) is 71.1 Å². The summed E-state index contributed by atoms with van der Waals surface area (Å²) in [5.41, 5.74) is 1.49. The fourth-order valence-electron chi connectivity index (χ4n) is 2.38. The van der Waals surface area contributed by atoms with Crippen LogP contribution in [0.25, 0.3) is 10.6 Å². The number of nitrogens with one attached hydrogen (secondary N) is 2. The Morgan fingerprint density at radius 3 is 3.00 bits per heavy atom. The molecule has 22 heavy (non-hydrogen) atoms. The highest BCUT2D eigenvalue weighted by Crippen LogP contribution is 2.28. The van der Waals surface area contributed by atoms with Crippen molar-refractivity contribution >= 4 is 34.5 Å². The number of carbonyl (C=O) groups excluding carboxylic acids is 2. The Morgan fingerprint density at radius 1 is 1.36 bits per heavy atom. The first-order valence-corrected chi connectivity index (χ1v) is 8.99. The highest BCUT2D eigenvalue weighted by atomic mass is 32.1. The molecule has 7 heteroatoms. The van der Waals surface area contributed by atoms with E-state index in [-0.39, 0.29) is 11.8 Å². The van der Waals surface area contributed by atoms with Crippen molar-refractivity contribution in [2.24, 2.45) is 0 Å². The minimum Gasteiger partial charge on any atom is -0.354 e. The molecule has 1 atom stereocenters. The summed E-state index contributed by atoms with van der Waals surface area (Å²) in [6.45, 7) is 2.65. The van der Waals surface area contributed by atoms with E-state index in [1.165, 1.54) is 11.3 Å². The number of aryl methyl sites for hydroxylation is 1. The van der Waals surface area contributed by atoms with Crippen molar-refractivity contribution < 1.29 is 9.59 Å². The van der Waals surface area contributed by atoms with Gasteiger partial charge in [-0.1, -0.05) is 0 Å². The summed E-state index contributed by atoms with van der Waals surface area (Å²) in [5.74, 6) is -0.284. The van der Waals surface area contributed by atoms with E-state index in [1.807, 2.05) is 23.8 Å². The van der Waals surface area contributed by atoms with Crippen LogP contribution in [0, 0.1) is 6.92 Å². The number of hydrogen-bond donors (Lipinski definition) is 2. The van der Waals surface area contributed by atoms with Crippen molar-refractivity contribution in [3.05, 3.63) is 27.4 Å². The molecule has 0 radical (unpaired) electrons. The quantitative estimate of drug-likeness (QED) is 0.905. The van der Waals surface area contributed by atoms with E-state index in [0.717, 1.165) is 28.4 Å². The van der Waals surface area contributed by atoms with Gasteiger partial charge in [-0.15, -0.1) is 22.7 Å². The van der Waals surface area contributed by atoms with Crippen LogP contribution in [0.15, 0.2) is 16.8 Å². The Morgan fingerprint density at radius 2 is 2.23 bits per heavy atom. The largest absolute Gasteiger partial charge is 0.354 e. The Labute approximate surface area is 136 Å². The fraction of sp³-hybridized carbons (Fsp3) is 0.400. The third kappa shape index (κ3) is 3.36. The highest BCUT2D eigenvalue weighted by Gasteiger charge is 2.23. The Hall–Kier alpha value is -1.73. The molecule has 2 N–H and O–H groups in total. The third-order valence-corrected chi connectivity index (χ3v) is 5.30. The summed E-state index contributed by atoms with van der Waals surface area (Å²) < 4.78 is 0. The molecule has 3 heterocycles. The summed E-state index contributed by atoms with van der Waals surface area (Å²) in [4.78, 5) is 29.6. The Bertz CT molecular complexity index is 693. The maximum atomic E-state index is 12.3. The molecular formula is C15H17N3O2S2. The standard InChI is InChI=1S/C15H17N3O2S2/c1-9-17-12(8-21-9)13-6-10(7-22-13)14(19)18-11-4-2-3-5-16-15(11)20/h6-8,11H,2-5H2,1H3,(H,16,20)(H,18,19). The molecule has 1 fully saturated rings. The van der Waals surface area contributed by atoms with Crippen LogP contribution in [-0.4, -0.2) is 29.4 Å². The molecular weight excluding hydrogens is 318 g/mol. The van der Waals surface area contributed by atoms with Crippen molar-refractivity contribution in [2.75, 3.05) is 6.54 Å². The smallest absolute Gasteiger partial charge is 0.252 e. The number of thiophene rings is 1. The number of thiazole rings is 1. The highest BCUT2D eigenvalue weighted by molar-refractivity contribution is 7.14. The number of amides is 2. The van der Waals surface area contributed by atoms with E-state index in [0.29, 0.717) is 18.5 Å². The molecule has 2 aromatic rings. The monoisotopic (exact) mass is 335 g/mol. The van der Waals surface area contributed by atoms with Crippen LogP contribution >= 0.6 is 22.7 Å². The van der Waals surface area contributed by atoms with Gasteiger partial charge >= 0.3 is 0 Å². The summed E-state index contributed by atoms with van der Waals surface area (Å²) in [5, 5.41) is 10.5. The zero-order chi connectivity index (χ0) is 15.5. The third-order valence-electron chi connectivity index (χ3n) is 3.57. The number of rotatable bonds is 3. The molecule has 5 nitrogen and oxygen atoms in total. The molecule has 3 rings (SSSR count). The summed E-state index contributed by atoms with van der Waals surface area (Å²) in [6, 6.07) is 1.41. The molecule has 0 bridgehead atoms. The van der Waals surface area contributed by atoms with Gasteiger partial charge in [0, 0.05) is 17.3 Å². The molecule has 0 spiro atoms. The first kappa shape index (κ1) is 15.2. The number of hydrogen-bond acceptors (Lipinski definition) is 5. The van der Waals surface area contributed by atoms with Crippen molar-refractivity contribution in [3.8, 4) is 10.6 Å². The molecule has 116 valence electrons. The average Bonchev–Trinajstić information content (AvgIpc) is 3.09. The lowest BCUT2D eigenvalue weighted by Gasteiger charge is -2.14. The van der Waals surface area contributed by atoms with Gasteiger partial charge in [0.15, 0.2) is 0 Å². The minimum absolute atomic E-state index is 0.0866. The van der Waals surface area contributed by atoms with Gasteiger partial charge < -0.3 is 10.6 Å². The zero-order valence-electron chi connectivity index (χ0n) is 12.2. The van der Waals surface area contributed by atoms with Gasteiger partial charge in [-0.05, 0) is 32.3 Å². The van der Waals surface area contributed by atoms with Crippen molar-refractivity contribution in [3.63, 3.8) is 0 Å². The van der Waals surface area contributed by atoms with Gasteiger partial charge in [-0.25, -0.2) is 4.98 Å². The van der Waals surface area contributed by atoms with E-state index >= 15 is 0 Å². The number of carbonyl (C=O) groups is 2. The van der Waals surface area contributed by atoms with E-state index in [4.69, 9.17) is 0 Å². The lowest BCUT2D eigenvalue weighted by molar-refractivity contribution is -0.122. The average molecular weight is 335 g/mol. The number of aromatic nitrogens is 1. The van der Waals surface area contributed by atoms with Crippen molar-refractivity contribution in [2.45, 2.75) is 32.2 Å². The second-order valence-electron chi connectivity index (χ2n) is 5.26. The van der Waals surface area contributed by atoms with Gasteiger partial charge in [0.05, 0.1) is 21.1 Å². The zero-order valence-corrected chi connectivity index (χ0v) is 13.9. The van der Waals surface area contributed by atoms with E-state index in [2.05, 4.69) is 15.6 Å². The van der Waals surface area contributed by atoms with Crippen LogP contribution in [0.1, 0.15) is 34.6 Å². The molecule has 0 aliphatic carbocycles. The summed E-state index contributed by atoms with van der Waals surface area (Å²) in [7, 11) is 0. The Kier molecular flexibility index (Phi) is 4.54. The lowest BCUT2D eigenvalue weighted by atomic mass is 10.1. The van der Waals surface area contributed by atoms with Crippen LogP contribution in [0.5, 0.6) is 0 Å². The number of nitrogens with zero attached hydrogens (tertiary/aromatic N) is 1. The fourth-order valence-corrected chi connectivity index (χ4v) is 3.92. The van der Waals surface area contributed by atoms with Crippen LogP contribution in [0.4, 0.5) is 0 Å². The predicted octanol–water partition coefficient (Wildman–Crippen LogP) is 2.58. The van der Waals surface area contributed by atoms with Crippen LogP contribution in [-0.2, 0) is 4.79 Å². The van der Waals surface area contributed by atoms with Gasteiger partial charge in [-0.2, -0.15) is 0 Å². The lowest BCUT2D eigenvalue weighted by Crippen LogP contribution is -2.45. The van der Waals surface area contributed by atoms with Crippen LogP contribution in [0.3, 0.4) is 0 Å².